The molecule has 0 aromatic carbocycles. The number of pyridine rings is 1. The van der Waals surface area contributed by atoms with Crippen LogP contribution in [-0.4, -0.2) is 62.2 Å². The summed E-state index contributed by atoms with van der Waals surface area (Å²) in [5.41, 5.74) is 0.788. The van der Waals surface area contributed by atoms with Gasteiger partial charge in [0.15, 0.2) is 11.5 Å². The number of nitrogens with one attached hydrogen (secondary N) is 4. The summed E-state index contributed by atoms with van der Waals surface area (Å²) in [6.45, 7) is 7.27. The van der Waals surface area contributed by atoms with Crippen molar-refractivity contribution >= 4 is 23.6 Å². The van der Waals surface area contributed by atoms with Crippen molar-refractivity contribution in [2.24, 2.45) is 5.92 Å². The Morgan fingerprint density at radius 1 is 1.05 bits per heavy atom. The smallest absolute Gasteiger partial charge is 0.274 e. The zero-order valence-electron chi connectivity index (χ0n) is 23.4. The Balaban J connectivity index is 1.56. The number of carbonyl (C=O) groups excluding carboxylic acids is 4. The van der Waals surface area contributed by atoms with Crippen molar-refractivity contribution in [3.05, 3.63) is 59.7 Å². The van der Waals surface area contributed by atoms with Gasteiger partial charge in [-0.25, -0.2) is 15.0 Å². The number of aromatic nitrogens is 4. The van der Waals surface area contributed by atoms with Gasteiger partial charge in [-0.2, -0.15) is 0 Å². The molecule has 4 N–H and O–H groups in total. The van der Waals surface area contributed by atoms with Crippen LogP contribution in [0.2, 0.25) is 0 Å². The molecule has 0 unspecified atom stereocenters. The van der Waals surface area contributed by atoms with Gasteiger partial charge in [-0.1, -0.05) is 19.9 Å². The first-order valence-electron chi connectivity index (χ1n) is 13.5. The van der Waals surface area contributed by atoms with Gasteiger partial charge in [-0.3, -0.25) is 24.2 Å². The van der Waals surface area contributed by atoms with Gasteiger partial charge in [0.1, 0.15) is 29.6 Å². The molecule has 4 amide bonds. The second-order valence-electron chi connectivity index (χ2n) is 10.2. The first-order chi connectivity index (χ1) is 19.6. The Morgan fingerprint density at radius 2 is 1.80 bits per heavy atom. The molecule has 3 aromatic rings. The van der Waals surface area contributed by atoms with Gasteiger partial charge in [0.05, 0.1) is 5.56 Å². The summed E-state index contributed by atoms with van der Waals surface area (Å²) in [6.07, 6.45) is 5.79. The van der Waals surface area contributed by atoms with Crippen molar-refractivity contribution in [2.45, 2.75) is 65.1 Å². The number of carbonyl (C=O) groups is 4. The van der Waals surface area contributed by atoms with Crippen LogP contribution in [0.5, 0.6) is 0 Å². The van der Waals surface area contributed by atoms with Gasteiger partial charge >= 0.3 is 0 Å². The zero-order valence-corrected chi connectivity index (χ0v) is 23.4. The molecular formula is C28H34N8O5. The van der Waals surface area contributed by atoms with Crippen molar-refractivity contribution in [1.29, 1.82) is 0 Å². The fraction of sp³-hybridized carbons (Fsp3) is 0.429. The van der Waals surface area contributed by atoms with Gasteiger partial charge in [-0.15, -0.1) is 0 Å². The summed E-state index contributed by atoms with van der Waals surface area (Å²) in [5.74, 6) is -1.21. The third-order valence-corrected chi connectivity index (χ3v) is 6.65. The summed E-state index contributed by atoms with van der Waals surface area (Å²) in [7, 11) is 0. The molecule has 1 aliphatic rings. The van der Waals surface area contributed by atoms with Crippen LogP contribution in [0.1, 0.15) is 78.6 Å². The highest BCUT2D eigenvalue weighted by Crippen LogP contribution is 2.24. The summed E-state index contributed by atoms with van der Waals surface area (Å²) in [4.78, 5) is 68.9. The molecule has 0 fully saturated rings. The average Bonchev–Trinajstić information content (AvgIpc) is 3.35. The third-order valence-electron chi connectivity index (χ3n) is 6.65. The molecule has 0 radical (unpaired) electrons. The largest absolute Gasteiger partial charge is 0.443 e. The van der Waals surface area contributed by atoms with Crippen LogP contribution in [0.3, 0.4) is 0 Å². The molecule has 0 saturated heterocycles. The van der Waals surface area contributed by atoms with Crippen molar-refractivity contribution in [3.8, 4) is 11.5 Å². The van der Waals surface area contributed by atoms with E-state index in [1.807, 2.05) is 19.9 Å². The lowest BCUT2D eigenvalue weighted by Crippen LogP contribution is -2.48. The monoisotopic (exact) mass is 562 g/mol. The predicted octanol–water partition coefficient (Wildman–Crippen LogP) is 1.87. The molecule has 216 valence electrons. The Morgan fingerprint density at radius 3 is 2.49 bits per heavy atom. The number of oxazole rings is 1. The molecule has 4 heterocycles. The van der Waals surface area contributed by atoms with Gasteiger partial charge in [0.25, 0.3) is 11.8 Å². The van der Waals surface area contributed by atoms with E-state index in [1.54, 1.807) is 32.2 Å². The molecule has 13 nitrogen and oxygen atoms in total. The SMILES string of the molecule is Cc1oc2nc1C(=O)N[C@H](C)C(=O)NCCCC[C@H](NC(=O)c1cnc(-c3ccccn3)nc1)C(=O)N[C@H]2C(C)C. The lowest BCUT2D eigenvalue weighted by molar-refractivity contribution is -0.124. The van der Waals surface area contributed by atoms with Gasteiger partial charge in [0.2, 0.25) is 17.7 Å². The van der Waals surface area contributed by atoms with Crippen LogP contribution < -0.4 is 21.3 Å². The highest BCUT2D eigenvalue weighted by molar-refractivity contribution is 5.98. The molecule has 0 spiro atoms. The third kappa shape index (κ3) is 7.29. The van der Waals surface area contributed by atoms with Crippen molar-refractivity contribution in [3.63, 3.8) is 0 Å². The second kappa shape index (κ2) is 13.1. The number of hydrogen-bond donors (Lipinski definition) is 4. The maximum atomic E-state index is 13.5. The standard InChI is InChI=1S/C28H34N8O5/c1-15(2)21-28-36-22(17(4)41-28)27(40)33-16(3)24(37)30-12-8-6-10-20(26(39)35-21)34-25(38)18-13-31-23(32-14-18)19-9-5-7-11-29-19/h5,7,9,11,13-16,20-21H,6,8,10,12H2,1-4H3,(H,30,37)(H,33,40)(H,34,38)(H,35,39)/t16-,20+,21+/m1/s1. The van der Waals surface area contributed by atoms with Crippen LogP contribution in [0.15, 0.2) is 41.2 Å². The predicted molar refractivity (Wildman–Crippen MR) is 147 cm³/mol. The lowest BCUT2D eigenvalue weighted by atomic mass is 10.0. The minimum Gasteiger partial charge on any atom is -0.443 e. The molecule has 3 aromatic heterocycles. The zero-order chi connectivity index (χ0) is 29.5. The fourth-order valence-corrected chi connectivity index (χ4v) is 4.28. The number of rotatable bonds is 4. The van der Waals surface area contributed by atoms with Crippen molar-refractivity contribution in [1.82, 2.24) is 41.2 Å². The van der Waals surface area contributed by atoms with Crippen LogP contribution >= 0.6 is 0 Å². The normalized spacial score (nSPS) is 20.6. The minimum absolute atomic E-state index is 0.0330. The quantitative estimate of drug-likeness (QED) is 0.369. The van der Waals surface area contributed by atoms with Crippen molar-refractivity contribution < 1.29 is 23.6 Å². The van der Waals surface area contributed by atoms with Crippen LogP contribution in [0.4, 0.5) is 0 Å². The van der Waals surface area contributed by atoms with E-state index in [9.17, 15) is 19.2 Å². The van der Waals surface area contributed by atoms with E-state index in [1.165, 1.54) is 12.4 Å². The van der Waals surface area contributed by atoms with Crippen LogP contribution in [0.25, 0.3) is 11.5 Å². The Labute approximate surface area is 237 Å². The fourth-order valence-electron chi connectivity index (χ4n) is 4.28. The molecule has 41 heavy (non-hydrogen) atoms. The summed E-state index contributed by atoms with van der Waals surface area (Å²) in [6, 6.07) is 3.00. The van der Waals surface area contributed by atoms with E-state index in [0.29, 0.717) is 37.3 Å². The molecule has 2 bridgehead atoms. The number of aryl methyl sites for hydroxylation is 1. The second-order valence-corrected chi connectivity index (χ2v) is 10.2. The minimum atomic E-state index is -0.902. The number of hydrogen-bond acceptors (Lipinski definition) is 9. The molecule has 1 aliphatic heterocycles. The maximum Gasteiger partial charge on any atom is 0.274 e. The molecular weight excluding hydrogens is 528 g/mol. The first-order valence-corrected chi connectivity index (χ1v) is 13.5. The molecule has 4 rings (SSSR count). The van der Waals surface area contributed by atoms with Crippen LogP contribution in [-0.2, 0) is 9.59 Å². The number of nitrogens with zero attached hydrogens (tertiary/aromatic N) is 4. The molecule has 0 saturated carbocycles. The van der Waals surface area contributed by atoms with E-state index >= 15 is 0 Å². The highest BCUT2D eigenvalue weighted by atomic mass is 16.4. The lowest BCUT2D eigenvalue weighted by Gasteiger charge is -2.24. The first kappa shape index (κ1) is 29.3. The maximum absolute atomic E-state index is 13.5. The van der Waals surface area contributed by atoms with Gasteiger partial charge in [-0.05, 0) is 51.2 Å². The Hall–Kier alpha value is -4.68. The van der Waals surface area contributed by atoms with E-state index in [4.69, 9.17) is 4.42 Å². The molecule has 3 atom stereocenters. The van der Waals surface area contributed by atoms with Gasteiger partial charge in [0, 0.05) is 25.1 Å². The Kier molecular flexibility index (Phi) is 9.37. The highest BCUT2D eigenvalue weighted by Gasteiger charge is 2.31. The van der Waals surface area contributed by atoms with Crippen molar-refractivity contribution in [2.75, 3.05) is 6.54 Å². The van der Waals surface area contributed by atoms with E-state index in [2.05, 4.69) is 41.2 Å². The summed E-state index contributed by atoms with van der Waals surface area (Å²) >= 11 is 0. The summed E-state index contributed by atoms with van der Waals surface area (Å²) < 4.78 is 5.78. The van der Waals surface area contributed by atoms with Gasteiger partial charge < -0.3 is 25.7 Å². The molecule has 0 aliphatic carbocycles. The Bertz CT molecular complexity index is 1390. The topological polar surface area (TPSA) is 181 Å². The number of amides is 4. The summed E-state index contributed by atoms with van der Waals surface area (Å²) in [5, 5.41) is 11.1. The van der Waals surface area contributed by atoms with E-state index in [0.717, 1.165) is 0 Å². The van der Waals surface area contributed by atoms with E-state index < -0.39 is 35.8 Å². The average molecular weight is 563 g/mol. The van der Waals surface area contributed by atoms with Crippen LogP contribution in [0, 0.1) is 12.8 Å². The van der Waals surface area contributed by atoms with E-state index in [-0.39, 0.29) is 34.7 Å². The molecule has 13 heteroatoms. The number of fused-ring (bicyclic) bond motifs is 2.